The molecule has 0 aliphatic heterocycles. The molecule has 88 valence electrons. The van der Waals surface area contributed by atoms with E-state index in [1.807, 2.05) is 12.1 Å². The average Bonchev–Trinajstić information content (AvgIpc) is 2.28. The Hall–Kier alpha value is -1.89. The Balaban J connectivity index is 3.08. The molecule has 0 heterocycles. The summed E-state index contributed by atoms with van der Waals surface area (Å²) in [5, 5.41) is 17.4. The molecule has 1 aromatic carbocycles. The van der Waals surface area contributed by atoms with Crippen LogP contribution in [0.5, 0.6) is 0 Å². The number of benzene rings is 1. The minimum absolute atomic E-state index is 0.0276. The van der Waals surface area contributed by atoms with Gasteiger partial charge in [-0.25, -0.2) is 8.42 Å². The number of rotatable bonds is 3. The first-order chi connectivity index (χ1) is 7.80. The lowest BCUT2D eigenvalue weighted by Gasteiger charge is -2.17. The highest BCUT2D eigenvalue weighted by Crippen LogP contribution is 2.13. The van der Waals surface area contributed by atoms with Crippen molar-refractivity contribution >= 4 is 10.0 Å². The zero-order valence-electron chi connectivity index (χ0n) is 9.43. The first-order valence-electron chi connectivity index (χ1n) is 4.76. The normalized spacial score (nSPS) is 11.5. The maximum atomic E-state index is 11.9. The van der Waals surface area contributed by atoms with Gasteiger partial charge in [-0.15, -0.1) is 0 Å². The predicted molar refractivity (Wildman–Crippen MR) is 61.2 cm³/mol. The van der Waals surface area contributed by atoms with E-state index in [0.717, 1.165) is 0 Å². The summed E-state index contributed by atoms with van der Waals surface area (Å²) in [5.74, 6) is 0. The Labute approximate surface area is 100 Å². The second-order valence-electron chi connectivity index (χ2n) is 3.98. The highest BCUT2D eigenvalue weighted by Gasteiger charge is 2.25. The number of sulfonamides is 1. The van der Waals surface area contributed by atoms with E-state index in [1.54, 1.807) is 0 Å². The van der Waals surface area contributed by atoms with E-state index in [2.05, 4.69) is 4.72 Å². The molecule has 0 fully saturated rings. The molecular weight excluding hydrogens is 238 g/mol. The van der Waals surface area contributed by atoms with Gasteiger partial charge in [0.1, 0.15) is 5.54 Å². The molecular formula is C11H11N3O2S. The van der Waals surface area contributed by atoms with Crippen molar-refractivity contribution in [2.75, 3.05) is 0 Å². The summed E-state index contributed by atoms with van der Waals surface area (Å²) in [6, 6.07) is 9.22. The van der Waals surface area contributed by atoms with Gasteiger partial charge in [-0.2, -0.15) is 15.2 Å². The first-order valence-corrected chi connectivity index (χ1v) is 6.24. The van der Waals surface area contributed by atoms with Crippen LogP contribution in [0.15, 0.2) is 29.2 Å². The molecule has 0 bridgehead atoms. The van der Waals surface area contributed by atoms with Gasteiger partial charge >= 0.3 is 0 Å². The van der Waals surface area contributed by atoms with E-state index in [9.17, 15) is 8.42 Å². The molecule has 1 N–H and O–H groups in total. The molecule has 0 radical (unpaired) electrons. The van der Waals surface area contributed by atoms with E-state index in [-0.39, 0.29) is 4.90 Å². The third kappa shape index (κ3) is 3.28. The highest BCUT2D eigenvalue weighted by molar-refractivity contribution is 7.89. The maximum Gasteiger partial charge on any atom is 0.241 e. The summed E-state index contributed by atoms with van der Waals surface area (Å²) in [6.45, 7) is 2.93. The Morgan fingerprint density at radius 1 is 1.18 bits per heavy atom. The topological polar surface area (TPSA) is 93.8 Å². The summed E-state index contributed by atoms with van der Waals surface area (Å²) in [5.41, 5.74) is -0.796. The van der Waals surface area contributed by atoms with Crippen molar-refractivity contribution < 1.29 is 8.42 Å². The molecule has 0 amide bonds. The SMILES string of the molecule is CC(C)(C#N)NS(=O)(=O)c1ccc(C#N)cc1. The van der Waals surface area contributed by atoms with Crippen LogP contribution in [-0.2, 0) is 10.0 Å². The number of hydrogen-bond acceptors (Lipinski definition) is 4. The zero-order valence-corrected chi connectivity index (χ0v) is 10.2. The summed E-state index contributed by atoms with van der Waals surface area (Å²) in [4.78, 5) is 0.0276. The fraction of sp³-hybridized carbons (Fsp3) is 0.273. The number of hydrogen-bond donors (Lipinski definition) is 1. The van der Waals surface area contributed by atoms with E-state index in [4.69, 9.17) is 10.5 Å². The minimum Gasteiger partial charge on any atom is -0.207 e. The average molecular weight is 249 g/mol. The summed E-state index contributed by atoms with van der Waals surface area (Å²) >= 11 is 0. The van der Waals surface area contributed by atoms with Crippen molar-refractivity contribution in [2.45, 2.75) is 24.3 Å². The van der Waals surface area contributed by atoms with Crippen LogP contribution in [0.4, 0.5) is 0 Å². The molecule has 0 saturated heterocycles. The Kier molecular flexibility index (Phi) is 3.52. The monoisotopic (exact) mass is 249 g/mol. The fourth-order valence-electron chi connectivity index (χ4n) is 1.13. The van der Waals surface area contributed by atoms with Gasteiger partial charge in [-0.05, 0) is 38.1 Å². The number of nitriles is 2. The molecule has 17 heavy (non-hydrogen) atoms. The molecule has 0 aliphatic rings. The van der Waals surface area contributed by atoms with Crippen LogP contribution in [-0.4, -0.2) is 14.0 Å². The predicted octanol–water partition coefficient (Wildman–Crippen LogP) is 1.14. The van der Waals surface area contributed by atoms with Gasteiger partial charge in [0.05, 0.1) is 22.6 Å². The number of nitrogens with one attached hydrogen (secondary N) is 1. The van der Waals surface area contributed by atoms with E-state index in [0.29, 0.717) is 5.56 Å². The van der Waals surface area contributed by atoms with Crippen LogP contribution in [0.25, 0.3) is 0 Å². The van der Waals surface area contributed by atoms with Gasteiger partial charge in [0.25, 0.3) is 0 Å². The fourth-order valence-corrected chi connectivity index (χ4v) is 2.46. The van der Waals surface area contributed by atoms with Crippen LogP contribution in [0.3, 0.4) is 0 Å². The quantitative estimate of drug-likeness (QED) is 0.869. The van der Waals surface area contributed by atoms with Crippen molar-refractivity contribution in [3.63, 3.8) is 0 Å². The summed E-state index contributed by atoms with van der Waals surface area (Å²) in [6.07, 6.45) is 0. The van der Waals surface area contributed by atoms with Gasteiger partial charge < -0.3 is 0 Å². The molecule has 0 aromatic heterocycles. The van der Waals surface area contributed by atoms with Crippen LogP contribution in [0.1, 0.15) is 19.4 Å². The third-order valence-electron chi connectivity index (χ3n) is 1.96. The molecule has 1 rings (SSSR count). The van der Waals surface area contributed by atoms with E-state index < -0.39 is 15.6 Å². The van der Waals surface area contributed by atoms with Crippen LogP contribution >= 0.6 is 0 Å². The molecule has 0 aliphatic carbocycles. The molecule has 0 saturated carbocycles. The van der Waals surface area contributed by atoms with Crippen molar-refractivity contribution in [1.82, 2.24) is 4.72 Å². The van der Waals surface area contributed by atoms with E-state index >= 15 is 0 Å². The number of nitrogens with zero attached hydrogens (tertiary/aromatic N) is 2. The van der Waals surface area contributed by atoms with Gasteiger partial charge in [0.2, 0.25) is 10.0 Å². The van der Waals surface area contributed by atoms with Gasteiger partial charge in [0, 0.05) is 0 Å². The lowest BCUT2D eigenvalue weighted by Crippen LogP contribution is -2.41. The first kappa shape index (κ1) is 13.2. The molecule has 0 atom stereocenters. The maximum absolute atomic E-state index is 11.9. The standard InChI is InChI=1S/C11H11N3O2S/c1-11(2,8-13)14-17(15,16)10-5-3-9(7-12)4-6-10/h3-6,14H,1-2H3. The second-order valence-corrected chi connectivity index (χ2v) is 5.66. The highest BCUT2D eigenvalue weighted by atomic mass is 32.2. The van der Waals surface area contributed by atoms with Crippen molar-refractivity contribution in [1.29, 1.82) is 10.5 Å². The zero-order chi connectivity index (χ0) is 13.1. The molecule has 5 nitrogen and oxygen atoms in total. The van der Waals surface area contributed by atoms with Gasteiger partial charge in [-0.3, -0.25) is 0 Å². The van der Waals surface area contributed by atoms with Crippen molar-refractivity contribution in [3.8, 4) is 12.1 Å². The van der Waals surface area contributed by atoms with Crippen molar-refractivity contribution in [3.05, 3.63) is 29.8 Å². The Morgan fingerprint density at radius 2 is 1.71 bits per heavy atom. The van der Waals surface area contributed by atoms with Crippen molar-refractivity contribution in [2.24, 2.45) is 0 Å². The Morgan fingerprint density at radius 3 is 2.12 bits per heavy atom. The van der Waals surface area contributed by atoms with Crippen LogP contribution in [0.2, 0.25) is 0 Å². The molecule has 1 aromatic rings. The second kappa shape index (κ2) is 4.54. The van der Waals surface area contributed by atoms with Gasteiger partial charge in [-0.1, -0.05) is 0 Å². The summed E-state index contributed by atoms with van der Waals surface area (Å²) < 4.78 is 26.0. The molecule has 0 spiro atoms. The lowest BCUT2D eigenvalue weighted by molar-refractivity contribution is 0.535. The summed E-state index contributed by atoms with van der Waals surface area (Å²) in [7, 11) is -3.74. The van der Waals surface area contributed by atoms with Crippen LogP contribution in [0, 0.1) is 22.7 Å². The Bertz CT molecular complexity index is 589. The van der Waals surface area contributed by atoms with Gasteiger partial charge in [0.15, 0.2) is 0 Å². The lowest BCUT2D eigenvalue weighted by atomic mass is 10.1. The molecule has 0 unspecified atom stereocenters. The molecule has 6 heteroatoms. The third-order valence-corrected chi connectivity index (χ3v) is 3.63. The van der Waals surface area contributed by atoms with E-state index in [1.165, 1.54) is 38.1 Å². The largest absolute Gasteiger partial charge is 0.241 e. The van der Waals surface area contributed by atoms with Crippen LogP contribution < -0.4 is 4.72 Å². The smallest absolute Gasteiger partial charge is 0.207 e. The minimum atomic E-state index is -3.74.